The Labute approximate surface area is 136 Å². The van der Waals surface area contributed by atoms with Gasteiger partial charge in [-0.25, -0.2) is 4.79 Å². The Bertz CT molecular complexity index is 690. The van der Waals surface area contributed by atoms with Gasteiger partial charge < -0.3 is 5.11 Å². The van der Waals surface area contributed by atoms with Gasteiger partial charge in [0.15, 0.2) is 0 Å². The quantitative estimate of drug-likeness (QED) is 0.753. The minimum absolute atomic E-state index is 0.0666. The van der Waals surface area contributed by atoms with E-state index in [1.165, 1.54) is 12.1 Å². The lowest BCUT2D eigenvalue weighted by Gasteiger charge is -1.95. The van der Waals surface area contributed by atoms with E-state index in [0.29, 0.717) is 0 Å². The Balaban J connectivity index is 0.000000352. The van der Waals surface area contributed by atoms with Gasteiger partial charge in [-0.05, 0) is 31.2 Å². The number of aryl methyl sites for hydroxylation is 1. The monoisotopic (exact) mass is 365 g/mol. The largest absolute Gasteiger partial charge is 0.490 e. The van der Waals surface area contributed by atoms with Gasteiger partial charge in [0.2, 0.25) is 0 Å². The fourth-order valence-electron chi connectivity index (χ4n) is 1.02. The molecule has 0 bridgehead atoms. The van der Waals surface area contributed by atoms with Crippen molar-refractivity contribution in [3.63, 3.8) is 0 Å². The molecule has 2 N–H and O–H groups in total. The van der Waals surface area contributed by atoms with Gasteiger partial charge in [-0.15, -0.1) is 0 Å². The predicted molar refractivity (Wildman–Crippen MR) is 78.9 cm³/mol. The van der Waals surface area contributed by atoms with Gasteiger partial charge in [-0.3, -0.25) is 9.54 Å². The second kappa shape index (κ2) is 9.63. The van der Waals surface area contributed by atoms with E-state index >= 15 is 0 Å². The van der Waals surface area contributed by atoms with Crippen LogP contribution in [0, 0.1) is 6.92 Å². The van der Waals surface area contributed by atoms with Crippen molar-refractivity contribution in [1.29, 1.82) is 0 Å². The molecule has 0 amide bonds. The van der Waals surface area contributed by atoms with Crippen molar-refractivity contribution in [2.75, 3.05) is 0 Å². The number of hydrogen-bond acceptors (Lipinski definition) is 4. The Morgan fingerprint density at radius 3 is 1.67 bits per heavy atom. The van der Waals surface area contributed by atoms with Gasteiger partial charge in [0, 0.05) is 12.4 Å². The highest BCUT2D eigenvalue weighted by Crippen LogP contribution is 2.13. The lowest BCUT2D eigenvalue weighted by Crippen LogP contribution is -2.21. The first-order valence-electron chi connectivity index (χ1n) is 6.14. The lowest BCUT2D eigenvalue weighted by atomic mass is 10.2. The zero-order valence-electron chi connectivity index (χ0n) is 12.3. The third-order valence-corrected chi connectivity index (χ3v) is 3.00. The fourth-order valence-corrected chi connectivity index (χ4v) is 1.50. The number of carboxylic acids is 1. The van der Waals surface area contributed by atoms with Crippen molar-refractivity contribution < 1.29 is 36.0 Å². The number of pyridine rings is 1. The van der Waals surface area contributed by atoms with Crippen LogP contribution in [-0.4, -0.2) is 35.2 Å². The number of aromatic nitrogens is 1. The van der Waals surface area contributed by atoms with E-state index in [2.05, 4.69) is 4.98 Å². The van der Waals surface area contributed by atoms with Gasteiger partial charge in [-0.1, -0.05) is 23.8 Å². The number of aliphatic carboxylic acids is 1. The Hall–Kier alpha value is -2.46. The normalized spacial score (nSPS) is 10.5. The molecule has 0 saturated heterocycles. The number of hydrogen-bond donors (Lipinski definition) is 2. The summed E-state index contributed by atoms with van der Waals surface area (Å²) in [5.41, 5.74) is 0.956. The van der Waals surface area contributed by atoms with Gasteiger partial charge in [0.25, 0.3) is 10.1 Å². The van der Waals surface area contributed by atoms with Crippen LogP contribution in [0.15, 0.2) is 59.8 Å². The van der Waals surface area contributed by atoms with Gasteiger partial charge in [-0.2, -0.15) is 21.6 Å². The van der Waals surface area contributed by atoms with Crippen LogP contribution in [0.25, 0.3) is 0 Å². The number of nitrogens with zero attached hydrogens (tertiary/aromatic N) is 1. The molecule has 0 aliphatic heterocycles. The van der Waals surface area contributed by atoms with Crippen molar-refractivity contribution in [3.8, 4) is 0 Å². The van der Waals surface area contributed by atoms with Gasteiger partial charge >= 0.3 is 12.1 Å². The van der Waals surface area contributed by atoms with Gasteiger partial charge in [0.1, 0.15) is 0 Å². The van der Waals surface area contributed by atoms with Crippen molar-refractivity contribution in [2.24, 2.45) is 0 Å². The molecule has 6 nitrogen and oxygen atoms in total. The van der Waals surface area contributed by atoms with E-state index < -0.39 is 22.3 Å². The molecule has 10 heteroatoms. The van der Waals surface area contributed by atoms with Crippen molar-refractivity contribution in [3.05, 3.63) is 60.4 Å². The summed E-state index contributed by atoms with van der Waals surface area (Å²) < 4.78 is 61.3. The molecule has 0 fully saturated rings. The van der Waals surface area contributed by atoms with Crippen LogP contribution in [-0.2, 0) is 14.9 Å². The van der Waals surface area contributed by atoms with E-state index in [1.807, 2.05) is 25.1 Å². The highest BCUT2D eigenvalue weighted by atomic mass is 32.2. The van der Waals surface area contributed by atoms with E-state index in [4.69, 9.17) is 14.5 Å². The second-order valence-electron chi connectivity index (χ2n) is 4.12. The highest BCUT2D eigenvalue weighted by molar-refractivity contribution is 7.85. The topological polar surface area (TPSA) is 105 Å². The summed E-state index contributed by atoms with van der Waals surface area (Å²) in [7, 11) is -4.02. The lowest BCUT2D eigenvalue weighted by molar-refractivity contribution is -0.192. The number of alkyl halides is 3. The van der Waals surface area contributed by atoms with Crippen LogP contribution in [0.4, 0.5) is 13.2 Å². The maximum Gasteiger partial charge on any atom is 0.490 e. The highest BCUT2D eigenvalue weighted by Gasteiger charge is 2.38. The van der Waals surface area contributed by atoms with Crippen molar-refractivity contribution in [1.82, 2.24) is 4.98 Å². The van der Waals surface area contributed by atoms with Crippen LogP contribution in [0.1, 0.15) is 5.56 Å². The summed E-state index contributed by atoms with van der Waals surface area (Å²) in [6, 6.07) is 11.7. The Morgan fingerprint density at radius 2 is 1.46 bits per heavy atom. The second-order valence-corrected chi connectivity index (χ2v) is 5.54. The van der Waals surface area contributed by atoms with E-state index in [-0.39, 0.29) is 4.90 Å². The Kier molecular flexibility index (Phi) is 8.64. The molecule has 0 saturated carbocycles. The summed E-state index contributed by atoms with van der Waals surface area (Å²) >= 11 is 0. The number of benzene rings is 1. The van der Waals surface area contributed by atoms with Crippen LogP contribution in [0.2, 0.25) is 0 Å². The summed E-state index contributed by atoms with van der Waals surface area (Å²) in [5.74, 6) is -2.76. The molecular formula is C14H14F3NO5S. The molecule has 1 aromatic heterocycles. The Morgan fingerprint density at radius 1 is 1.04 bits per heavy atom. The van der Waals surface area contributed by atoms with Crippen LogP contribution >= 0.6 is 0 Å². The predicted octanol–water partition coefficient (Wildman–Crippen LogP) is 2.96. The van der Waals surface area contributed by atoms with E-state index in [9.17, 15) is 21.6 Å². The molecule has 0 radical (unpaired) electrons. The zero-order valence-corrected chi connectivity index (χ0v) is 13.1. The van der Waals surface area contributed by atoms with Crippen molar-refractivity contribution >= 4 is 16.1 Å². The fraction of sp³-hybridized carbons (Fsp3) is 0.143. The smallest absolute Gasteiger partial charge is 0.475 e. The minimum Gasteiger partial charge on any atom is -0.475 e. The number of carbonyl (C=O) groups is 1. The SMILES string of the molecule is Cc1ccc(S(=O)(=O)O)cc1.O=C(O)C(F)(F)F.c1ccncc1. The van der Waals surface area contributed by atoms with Crippen LogP contribution in [0.3, 0.4) is 0 Å². The molecule has 0 unspecified atom stereocenters. The van der Waals surface area contributed by atoms with Crippen LogP contribution in [0.5, 0.6) is 0 Å². The minimum atomic E-state index is -5.08. The summed E-state index contributed by atoms with van der Waals surface area (Å²) in [5, 5.41) is 7.12. The van der Waals surface area contributed by atoms with Gasteiger partial charge in [0.05, 0.1) is 4.90 Å². The average Bonchev–Trinajstić information content (AvgIpc) is 2.49. The molecule has 0 spiro atoms. The van der Waals surface area contributed by atoms with E-state index in [1.54, 1.807) is 24.5 Å². The summed E-state index contributed by atoms with van der Waals surface area (Å²) in [4.78, 5) is 12.6. The first-order chi connectivity index (χ1) is 10.9. The zero-order chi connectivity index (χ0) is 18.8. The number of halogens is 3. The first kappa shape index (κ1) is 21.5. The molecule has 0 aliphatic rings. The first-order valence-corrected chi connectivity index (χ1v) is 7.58. The molecule has 1 aromatic carbocycles. The average molecular weight is 365 g/mol. The molecule has 2 rings (SSSR count). The number of carboxylic acid groups (broad SMARTS) is 1. The third-order valence-electron chi connectivity index (χ3n) is 2.13. The molecule has 0 aliphatic carbocycles. The number of rotatable bonds is 1. The van der Waals surface area contributed by atoms with Crippen molar-refractivity contribution in [2.45, 2.75) is 18.0 Å². The maximum atomic E-state index is 10.6. The standard InChI is InChI=1S/C7H8O3S.C5H5N.C2HF3O2/c1-6-2-4-7(5-3-6)11(8,9)10;1-2-4-6-5-3-1;3-2(4,5)1(6)7/h2-5H,1H3,(H,8,9,10);1-5H;(H,6,7). The molecule has 2 aromatic rings. The molecule has 132 valence electrons. The maximum absolute atomic E-state index is 10.6. The molecule has 24 heavy (non-hydrogen) atoms. The molecule has 1 heterocycles. The molecular weight excluding hydrogens is 351 g/mol. The molecule has 0 atom stereocenters. The van der Waals surface area contributed by atoms with E-state index in [0.717, 1.165) is 5.56 Å². The van der Waals surface area contributed by atoms with Crippen LogP contribution < -0.4 is 0 Å². The summed E-state index contributed by atoms with van der Waals surface area (Å²) in [6.45, 7) is 1.84. The summed E-state index contributed by atoms with van der Waals surface area (Å²) in [6.07, 6.45) is -1.58. The third kappa shape index (κ3) is 10.3.